The summed E-state index contributed by atoms with van der Waals surface area (Å²) < 4.78 is 13.3. The van der Waals surface area contributed by atoms with E-state index in [2.05, 4.69) is 10.2 Å². The van der Waals surface area contributed by atoms with Crippen LogP contribution in [0.3, 0.4) is 0 Å². The molecule has 0 aliphatic carbocycles. The molecular formula is C16H23ClFN3O. The second-order valence-electron chi connectivity index (χ2n) is 5.94. The van der Waals surface area contributed by atoms with Crippen LogP contribution in [0.1, 0.15) is 22.3 Å². The first-order chi connectivity index (χ1) is 10.1. The van der Waals surface area contributed by atoms with Gasteiger partial charge in [0.2, 0.25) is 0 Å². The van der Waals surface area contributed by atoms with Crippen molar-refractivity contribution in [2.75, 3.05) is 39.3 Å². The van der Waals surface area contributed by atoms with Crippen LogP contribution in [0.5, 0.6) is 0 Å². The Morgan fingerprint density at radius 3 is 2.68 bits per heavy atom. The number of carbonyl (C=O) groups is 1. The van der Waals surface area contributed by atoms with Crippen molar-refractivity contribution in [2.45, 2.75) is 19.4 Å². The number of nitrogens with zero attached hydrogens (tertiary/aromatic N) is 2. The summed E-state index contributed by atoms with van der Waals surface area (Å²) in [6, 6.07) is 5.09. The topological polar surface area (TPSA) is 35.6 Å². The first-order valence-electron chi connectivity index (χ1n) is 7.65. The van der Waals surface area contributed by atoms with Gasteiger partial charge in [0.15, 0.2) is 0 Å². The molecule has 2 aliphatic heterocycles. The van der Waals surface area contributed by atoms with E-state index >= 15 is 0 Å². The first kappa shape index (κ1) is 17.2. The van der Waals surface area contributed by atoms with Crippen molar-refractivity contribution in [2.24, 2.45) is 0 Å². The number of nitrogens with one attached hydrogen (secondary N) is 1. The van der Waals surface area contributed by atoms with Crippen LogP contribution in [0.4, 0.5) is 4.39 Å². The van der Waals surface area contributed by atoms with E-state index in [9.17, 15) is 9.18 Å². The molecule has 1 aromatic rings. The Bertz CT molecular complexity index is 534. The molecule has 4 nitrogen and oxygen atoms in total. The SMILES string of the molecule is Cc1cc(C(=O)N2CCC(N3CCNCC3)C2)ccc1F.Cl. The number of piperazine rings is 1. The Morgan fingerprint density at radius 2 is 2.00 bits per heavy atom. The number of amides is 1. The van der Waals surface area contributed by atoms with E-state index in [4.69, 9.17) is 0 Å². The maximum absolute atomic E-state index is 13.3. The van der Waals surface area contributed by atoms with Gasteiger partial charge in [-0.1, -0.05) is 0 Å². The highest BCUT2D eigenvalue weighted by Gasteiger charge is 2.31. The number of benzene rings is 1. The normalized spacial score (nSPS) is 22.5. The summed E-state index contributed by atoms with van der Waals surface area (Å²) in [6.45, 7) is 7.45. The molecular weight excluding hydrogens is 305 g/mol. The number of hydrogen-bond donors (Lipinski definition) is 1. The monoisotopic (exact) mass is 327 g/mol. The molecule has 0 radical (unpaired) electrons. The molecule has 122 valence electrons. The van der Waals surface area contributed by atoms with Crippen molar-refractivity contribution < 1.29 is 9.18 Å². The van der Waals surface area contributed by atoms with Crippen molar-refractivity contribution >= 4 is 18.3 Å². The number of hydrogen-bond acceptors (Lipinski definition) is 3. The molecule has 2 saturated heterocycles. The molecule has 2 aliphatic rings. The highest BCUT2D eigenvalue weighted by atomic mass is 35.5. The third-order valence-electron chi connectivity index (χ3n) is 4.52. The lowest BCUT2D eigenvalue weighted by Gasteiger charge is -2.32. The number of halogens is 2. The summed E-state index contributed by atoms with van der Waals surface area (Å²) >= 11 is 0. The fourth-order valence-electron chi connectivity index (χ4n) is 3.23. The zero-order valence-electron chi connectivity index (χ0n) is 12.8. The van der Waals surface area contributed by atoms with E-state index in [0.717, 1.165) is 45.7 Å². The maximum atomic E-state index is 13.3. The molecule has 0 saturated carbocycles. The molecule has 1 aromatic carbocycles. The molecule has 1 atom stereocenters. The molecule has 1 amide bonds. The van der Waals surface area contributed by atoms with Gasteiger partial charge in [-0.25, -0.2) is 4.39 Å². The van der Waals surface area contributed by atoms with Crippen molar-refractivity contribution in [3.8, 4) is 0 Å². The summed E-state index contributed by atoms with van der Waals surface area (Å²) in [5.74, 6) is -0.234. The lowest BCUT2D eigenvalue weighted by molar-refractivity contribution is 0.0773. The summed E-state index contributed by atoms with van der Waals surface area (Å²) in [6.07, 6.45) is 1.03. The Labute approximate surface area is 137 Å². The van der Waals surface area contributed by atoms with Crippen LogP contribution in [0.15, 0.2) is 18.2 Å². The predicted molar refractivity (Wildman–Crippen MR) is 87.1 cm³/mol. The Kier molecular flexibility index (Phi) is 5.78. The minimum atomic E-state index is -0.258. The highest BCUT2D eigenvalue weighted by Crippen LogP contribution is 2.19. The van der Waals surface area contributed by atoms with E-state index in [1.54, 1.807) is 19.1 Å². The van der Waals surface area contributed by atoms with Gasteiger partial charge >= 0.3 is 0 Å². The van der Waals surface area contributed by atoms with Crippen LogP contribution in [0, 0.1) is 12.7 Å². The predicted octanol–water partition coefficient (Wildman–Crippen LogP) is 1.68. The fraction of sp³-hybridized carbons (Fsp3) is 0.562. The Balaban J connectivity index is 0.00000176. The van der Waals surface area contributed by atoms with Crippen LogP contribution >= 0.6 is 12.4 Å². The molecule has 3 rings (SSSR count). The van der Waals surface area contributed by atoms with E-state index in [0.29, 0.717) is 17.2 Å². The van der Waals surface area contributed by atoms with Crippen molar-refractivity contribution in [3.05, 3.63) is 35.1 Å². The van der Waals surface area contributed by atoms with Crippen LogP contribution in [0.2, 0.25) is 0 Å². The minimum absolute atomic E-state index is 0. The zero-order chi connectivity index (χ0) is 14.8. The van der Waals surface area contributed by atoms with E-state index in [-0.39, 0.29) is 24.1 Å². The molecule has 2 heterocycles. The minimum Gasteiger partial charge on any atom is -0.337 e. The van der Waals surface area contributed by atoms with Crippen LogP contribution in [-0.2, 0) is 0 Å². The van der Waals surface area contributed by atoms with E-state index < -0.39 is 0 Å². The molecule has 1 N–H and O–H groups in total. The molecule has 22 heavy (non-hydrogen) atoms. The van der Waals surface area contributed by atoms with Gasteiger partial charge in [0.05, 0.1) is 0 Å². The van der Waals surface area contributed by atoms with Gasteiger partial charge < -0.3 is 10.2 Å². The van der Waals surface area contributed by atoms with Crippen molar-refractivity contribution in [1.82, 2.24) is 15.1 Å². The number of likely N-dealkylation sites (tertiary alicyclic amines) is 1. The number of rotatable bonds is 2. The average molecular weight is 328 g/mol. The lowest BCUT2D eigenvalue weighted by Crippen LogP contribution is -2.49. The van der Waals surface area contributed by atoms with Gasteiger partial charge in [-0.2, -0.15) is 0 Å². The summed E-state index contributed by atoms with van der Waals surface area (Å²) in [5, 5.41) is 3.35. The molecule has 2 fully saturated rings. The van der Waals surface area contributed by atoms with Crippen molar-refractivity contribution in [1.29, 1.82) is 0 Å². The first-order valence-corrected chi connectivity index (χ1v) is 7.65. The number of aryl methyl sites for hydroxylation is 1. The molecule has 0 spiro atoms. The number of carbonyl (C=O) groups excluding carboxylic acids is 1. The molecule has 6 heteroatoms. The van der Waals surface area contributed by atoms with E-state index in [1.807, 2.05) is 4.90 Å². The van der Waals surface area contributed by atoms with Gasteiger partial charge in [0.1, 0.15) is 5.82 Å². The van der Waals surface area contributed by atoms with Gasteiger partial charge in [-0.05, 0) is 37.1 Å². The summed E-state index contributed by atoms with van der Waals surface area (Å²) in [5.41, 5.74) is 1.12. The zero-order valence-corrected chi connectivity index (χ0v) is 13.7. The summed E-state index contributed by atoms with van der Waals surface area (Å²) in [7, 11) is 0. The summed E-state index contributed by atoms with van der Waals surface area (Å²) in [4.78, 5) is 16.9. The fourth-order valence-corrected chi connectivity index (χ4v) is 3.23. The molecule has 0 aromatic heterocycles. The second kappa shape index (κ2) is 7.40. The van der Waals surface area contributed by atoms with E-state index in [1.165, 1.54) is 6.07 Å². The quantitative estimate of drug-likeness (QED) is 0.897. The van der Waals surface area contributed by atoms with Gasteiger partial charge in [-0.3, -0.25) is 9.69 Å². The Hall–Kier alpha value is -1.17. The highest BCUT2D eigenvalue weighted by molar-refractivity contribution is 5.94. The second-order valence-corrected chi connectivity index (χ2v) is 5.94. The lowest BCUT2D eigenvalue weighted by atomic mass is 10.1. The van der Waals surface area contributed by atoms with Gasteiger partial charge in [0.25, 0.3) is 5.91 Å². The molecule has 0 bridgehead atoms. The van der Waals surface area contributed by atoms with Crippen LogP contribution in [-0.4, -0.2) is 61.0 Å². The largest absolute Gasteiger partial charge is 0.337 e. The maximum Gasteiger partial charge on any atom is 0.253 e. The van der Waals surface area contributed by atoms with Gasteiger partial charge in [-0.15, -0.1) is 12.4 Å². The van der Waals surface area contributed by atoms with Crippen LogP contribution < -0.4 is 5.32 Å². The Morgan fingerprint density at radius 1 is 1.27 bits per heavy atom. The third-order valence-corrected chi connectivity index (χ3v) is 4.52. The third kappa shape index (κ3) is 3.59. The van der Waals surface area contributed by atoms with Crippen LogP contribution in [0.25, 0.3) is 0 Å². The standard InChI is InChI=1S/C16H22FN3O.ClH/c1-12-10-13(2-3-15(12)17)16(21)20-7-4-14(11-20)19-8-5-18-6-9-19;/h2-3,10,14,18H,4-9,11H2,1H3;1H. The molecule has 1 unspecified atom stereocenters. The van der Waals surface area contributed by atoms with Crippen molar-refractivity contribution in [3.63, 3.8) is 0 Å². The average Bonchev–Trinajstić information content (AvgIpc) is 3.00. The smallest absolute Gasteiger partial charge is 0.253 e. The van der Waals surface area contributed by atoms with Gasteiger partial charge in [0, 0.05) is 50.9 Å².